The highest BCUT2D eigenvalue weighted by molar-refractivity contribution is 8.02. The second kappa shape index (κ2) is 8.94. The minimum Gasteiger partial charge on any atom is -0.328 e. The third-order valence-corrected chi connectivity index (χ3v) is 5.73. The third-order valence-electron chi connectivity index (χ3n) is 3.71. The van der Waals surface area contributed by atoms with E-state index in [1.54, 1.807) is 49.4 Å². The Labute approximate surface area is 169 Å². The first-order valence-corrected chi connectivity index (χ1v) is 10.1. The molecule has 0 saturated heterocycles. The number of nitrogens with one attached hydrogen (secondary N) is 2. The number of rotatable bonds is 7. The maximum atomic E-state index is 13.7. The molecule has 3 aromatic rings. The van der Waals surface area contributed by atoms with Crippen LogP contribution in [0.25, 0.3) is 0 Å². The number of amides is 1. The maximum Gasteiger partial charge on any atom is 0.237 e. The van der Waals surface area contributed by atoms with Crippen LogP contribution in [0.1, 0.15) is 24.2 Å². The smallest absolute Gasteiger partial charge is 0.237 e. The lowest BCUT2D eigenvalue weighted by atomic mass is 10.1. The largest absolute Gasteiger partial charge is 0.328 e. The molecule has 2 aromatic carbocycles. The Balaban J connectivity index is 1.60. The van der Waals surface area contributed by atoms with Crippen molar-refractivity contribution in [1.29, 1.82) is 0 Å². The van der Waals surface area contributed by atoms with E-state index in [4.69, 9.17) is 0 Å². The molecule has 3 rings (SSSR count). The molecule has 28 heavy (non-hydrogen) atoms. The van der Waals surface area contributed by atoms with Crippen LogP contribution < -0.4 is 10.6 Å². The van der Waals surface area contributed by atoms with Crippen molar-refractivity contribution in [3.63, 3.8) is 0 Å². The van der Waals surface area contributed by atoms with Crippen molar-refractivity contribution in [2.45, 2.75) is 23.4 Å². The van der Waals surface area contributed by atoms with E-state index >= 15 is 0 Å². The van der Waals surface area contributed by atoms with Gasteiger partial charge in [-0.3, -0.25) is 9.59 Å². The van der Waals surface area contributed by atoms with Gasteiger partial charge in [0, 0.05) is 11.3 Å². The highest BCUT2D eigenvalue weighted by atomic mass is 32.2. The summed E-state index contributed by atoms with van der Waals surface area (Å²) in [6, 6.07) is 13.1. The minimum absolute atomic E-state index is 0.0673. The standard InChI is InChI=1S/C19H17FN4O2S2/c1-11(25)13-6-5-7-14(10-13)21-17(26)12(2)27-19-24-23-18(28-19)22-16-9-4-3-8-15(16)20/h3-10,12H,1-2H3,(H,21,26)(H,22,23)/t12-/m0/s1. The average molecular weight is 417 g/mol. The number of carbonyl (C=O) groups is 2. The topological polar surface area (TPSA) is 84.0 Å². The number of carbonyl (C=O) groups excluding carboxylic acids is 2. The quantitative estimate of drug-likeness (QED) is 0.427. The predicted octanol–water partition coefficient (Wildman–Crippen LogP) is 4.74. The van der Waals surface area contributed by atoms with Crippen LogP contribution in [0.15, 0.2) is 52.9 Å². The van der Waals surface area contributed by atoms with E-state index in [1.165, 1.54) is 36.1 Å². The van der Waals surface area contributed by atoms with Gasteiger partial charge in [0.2, 0.25) is 11.0 Å². The molecule has 0 aliphatic heterocycles. The van der Waals surface area contributed by atoms with Crippen molar-refractivity contribution in [1.82, 2.24) is 10.2 Å². The van der Waals surface area contributed by atoms with Gasteiger partial charge in [0.25, 0.3) is 0 Å². The predicted molar refractivity (Wildman–Crippen MR) is 110 cm³/mol. The number of hydrogen-bond acceptors (Lipinski definition) is 7. The van der Waals surface area contributed by atoms with Gasteiger partial charge in [-0.1, -0.05) is 47.4 Å². The zero-order valence-electron chi connectivity index (χ0n) is 15.1. The van der Waals surface area contributed by atoms with E-state index in [0.717, 1.165) is 0 Å². The fraction of sp³-hybridized carbons (Fsp3) is 0.158. The summed E-state index contributed by atoms with van der Waals surface area (Å²) in [6.45, 7) is 3.22. The van der Waals surface area contributed by atoms with Crippen molar-refractivity contribution in [3.05, 3.63) is 59.9 Å². The van der Waals surface area contributed by atoms with Gasteiger partial charge in [-0.05, 0) is 38.1 Å². The molecule has 0 fully saturated rings. The lowest BCUT2D eigenvalue weighted by Gasteiger charge is -2.10. The van der Waals surface area contributed by atoms with Gasteiger partial charge >= 0.3 is 0 Å². The van der Waals surface area contributed by atoms with Crippen molar-refractivity contribution in [3.8, 4) is 0 Å². The first-order chi connectivity index (χ1) is 13.4. The normalized spacial score (nSPS) is 11.7. The van der Waals surface area contributed by atoms with E-state index in [-0.39, 0.29) is 17.5 Å². The Morgan fingerprint density at radius 2 is 1.93 bits per heavy atom. The molecule has 0 unspecified atom stereocenters. The van der Waals surface area contributed by atoms with E-state index < -0.39 is 5.25 Å². The molecule has 144 valence electrons. The van der Waals surface area contributed by atoms with E-state index in [1.807, 2.05) is 0 Å². The average Bonchev–Trinajstić information content (AvgIpc) is 3.10. The van der Waals surface area contributed by atoms with Gasteiger partial charge in [-0.15, -0.1) is 10.2 Å². The van der Waals surface area contributed by atoms with Crippen molar-refractivity contribution < 1.29 is 14.0 Å². The number of hydrogen-bond donors (Lipinski definition) is 2. The Bertz CT molecular complexity index is 1010. The van der Waals surface area contributed by atoms with Crippen LogP contribution in [-0.4, -0.2) is 27.1 Å². The zero-order valence-corrected chi connectivity index (χ0v) is 16.7. The summed E-state index contributed by atoms with van der Waals surface area (Å²) in [7, 11) is 0. The van der Waals surface area contributed by atoms with Crippen LogP contribution in [0.2, 0.25) is 0 Å². The summed E-state index contributed by atoms with van der Waals surface area (Å²) in [5.74, 6) is -0.667. The number of thioether (sulfide) groups is 1. The second-order valence-electron chi connectivity index (χ2n) is 5.86. The van der Waals surface area contributed by atoms with Crippen LogP contribution >= 0.6 is 23.1 Å². The lowest BCUT2D eigenvalue weighted by Crippen LogP contribution is -2.22. The lowest BCUT2D eigenvalue weighted by molar-refractivity contribution is -0.115. The SMILES string of the molecule is CC(=O)c1cccc(NC(=O)[C@H](C)Sc2nnc(Nc3ccccc3F)s2)c1. The summed E-state index contributed by atoms with van der Waals surface area (Å²) in [5, 5.41) is 13.7. The molecule has 0 spiro atoms. The van der Waals surface area contributed by atoms with Gasteiger partial charge in [0.1, 0.15) is 5.82 Å². The van der Waals surface area contributed by atoms with Crippen molar-refractivity contribution >= 4 is 51.3 Å². The first-order valence-electron chi connectivity index (χ1n) is 8.36. The summed E-state index contributed by atoms with van der Waals surface area (Å²) in [4.78, 5) is 23.9. The fourth-order valence-electron chi connectivity index (χ4n) is 2.25. The summed E-state index contributed by atoms with van der Waals surface area (Å²) >= 11 is 2.48. The van der Waals surface area contributed by atoms with E-state index in [9.17, 15) is 14.0 Å². The van der Waals surface area contributed by atoms with E-state index in [2.05, 4.69) is 20.8 Å². The number of ketones is 1. The molecule has 9 heteroatoms. The highest BCUT2D eigenvalue weighted by Crippen LogP contribution is 2.31. The summed E-state index contributed by atoms with van der Waals surface area (Å²) in [5.41, 5.74) is 1.40. The highest BCUT2D eigenvalue weighted by Gasteiger charge is 2.18. The number of nitrogens with zero attached hydrogens (tertiary/aromatic N) is 2. The molecule has 1 amide bonds. The summed E-state index contributed by atoms with van der Waals surface area (Å²) < 4.78 is 14.3. The van der Waals surface area contributed by atoms with Crippen LogP contribution in [0.3, 0.4) is 0 Å². The molecule has 1 heterocycles. The van der Waals surface area contributed by atoms with Gasteiger partial charge in [-0.25, -0.2) is 4.39 Å². The minimum atomic E-state index is -0.435. The number of para-hydroxylation sites is 1. The Hall–Kier alpha value is -2.78. The van der Waals surface area contributed by atoms with Crippen LogP contribution in [0, 0.1) is 5.82 Å². The summed E-state index contributed by atoms with van der Waals surface area (Å²) in [6.07, 6.45) is 0. The molecule has 2 N–H and O–H groups in total. The molecule has 1 aromatic heterocycles. The van der Waals surface area contributed by atoms with Gasteiger partial charge in [0.05, 0.1) is 10.9 Å². The van der Waals surface area contributed by atoms with Crippen LogP contribution in [0.5, 0.6) is 0 Å². The number of aromatic nitrogens is 2. The Morgan fingerprint density at radius 3 is 2.68 bits per heavy atom. The number of benzene rings is 2. The number of halogens is 1. The third kappa shape index (κ3) is 5.14. The second-order valence-corrected chi connectivity index (χ2v) is 8.43. The van der Waals surface area contributed by atoms with Gasteiger partial charge in [-0.2, -0.15) is 0 Å². The number of anilines is 3. The molecule has 6 nitrogen and oxygen atoms in total. The molecule has 0 bridgehead atoms. The van der Waals surface area contributed by atoms with E-state index in [0.29, 0.717) is 26.4 Å². The number of Topliss-reactive ketones (excluding diaryl/α,β-unsaturated/α-hetero) is 1. The van der Waals surface area contributed by atoms with Crippen molar-refractivity contribution in [2.24, 2.45) is 0 Å². The molecular weight excluding hydrogens is 399 g/mol. The first kappa shape index (κ1) is 20.0. The molecule has 0 aliphatic rings. The monoisotopic (exact) mass is 416 g/mol. The van der Waals surface area contributed by atoms with Crippen LogP contribution in [0.4, 0.5) is 20.9 Å². The molecule has 0 aliphatic carbocycles. The van der Waals surface area contributed by atoms with Gasteiger partial charge < -0.3 is 10.6 Å². The van der Waals surface area contributed by atoms with Crippen molar-refractivity contribution in [2.75, 3.05) is 10.6 Å². The zero-order chi connectivity index (χ0) is 20.1. The Kier molecular flexibility index (Phi) is 6.37. The maximum absolute atomic E-state index is 13.7. The molecule has 0 saturated carbocycles. The molecule has 0 radical (unpaired) electrons. The van der Waals surface area contributed by atoms with Gasteiger partial charge in [0.15, 0.2) is 10.1 Å². The van der Waals surface area contributed by atoms with Crippen LogP contribution in [-0.2, 0) is 4.79 Å². The Morgan fingerprint density at radius 1 is 1.14 bits per heavy atom. The molecule has 1 atom stereocenters. The fourth-order valence-corrected chi connectivity index (χ4v) is 4.16. The molecular formula is C19H17FN4O2S2.